The lowest BCUT2D eigenvalue weighted by Gasteiger charge is -2.36. The molecule has 2 heterocycles. The summed E-state index contributed by atoms with van der Waals surface area (Å²) in [6.07, 6.45) is 5.30. The highest BCUT2D eigenvalue weighted by Crippen LogP contribution is 2.27. The molecule has 1 unspecified atom stereocenters. The first-order valence-corrected chi connectivity index (χ1v) is 8.15. The van der Waals surface area contributed by atoms with E-state index in [9.17, 15) is 0 Å². The van der Waals surface area contributed by atoms with Crippen molar-refractivity contribution in [2.24, 2.45) is 5.92 Å². The molecule has 2 aliphatic rings. The van der Waals surface area contributed by atoms with Crippen molar-refractivity contribution in [2.75, 3.05) is 19.6 Å². The minimum absolute atomic E-state index is 0.339. The van der Waals surface area contributed by atoms with Crippen LogP contribution in [0.3, 0.4) is 0 Å². The van der Waals surface area contributed by atoms with Crippen molar-refractivity contribution in [3.63, 3.8) is 0 Å². The number of nitrogens with zero attached hydrogens (tertiary/aromatic N) is 1. The van der Waals surface area contributed by atoms with E-state index in [2.05, 4.69) is 54.4 Å². The molecule has 20 heavy (non-hydrogen) atoms. The molecule has 2 saturated heterocycles. The summed E-state index contributed by atoms with van der Waals surface area (Å²) in [5.41, 5.74) is 1.85. The van der Waals surface area contributed by atoms with Gasteiger partial charge < -0.3 is 5.32 Å². The Morgan fingerprint density at radius 3 is 2.45 bits per heavy atom. The zero-order valence-corrected chi connectivity index (χ0v) is 12.9. The third kappa shape index (κ3) is 3.42. The van der Waals surface area contributed by atoms with Gasteiger partial charge in [-0.2, -0.15) is 0 Å². The lowest BCUT2D eigenvalue weighted by Crippen LogP contribution is -2.42. The van der Waals surface area contributed by atoms with Gasteiger partial charge in [0.15, 0.2) is 0 Å². The van der Waals surface area contributed by atoms with Crippen LogP contribution in [-0.2, 0) is 6.42 Å². The summed E-state index contributed by atoms with van der Waals surface area (Å²) in [7, 11) is 0. The number of hydrogen-bond donors (Lipinski definition) is 1. The van der Waals surface area contributed by atoms with Crippen molar-refractivity contribution < 1.29 is 0 Å². The third-order valence-electron chi connectivity index (χ3n) is 5.09. The molecule has 1 N–H and O–H groups in total. The Morgan fingerprint density at radius 2 is 1.85 bits per heavy atom. The van der Waals surface area contributed by atoms with Gasteiger partial charge in [-0.05, 0) is 64.1 Å². The van der Waals surface area contributed by atoms with E-state index < -0.39 is 0 Å². The van der Waals surface area contributed by atoms with Crippen LogP contribution in [0.15, 0.2) is 30.3 Å². The Morgan fingerprint density at radius 1 is 1.15 bits per heavy atom. The quantitative estimate of drug-likeness (QED) is 0.909. The minimum atomic E-state index is 0.339. The highest BCUT2D eigenvalue weighted by molar-refractivity contribution is 5.15. The third-order valence-corrected chi connectivity index (χ3v) is 5.09. The number of benzene rings is 1. The normalized spacial score (nSPS) is 27.8. The fourth-order valence-corrected chi connectivity index (χ4v) is 3.86. The number of hydrogen-bond acceptors (Lipinski definition) is 2. The zero-order valence-electron chi connectivity index (χ0n) is 12.9. The van der Waals surface area contributed by atoms with Gasteiger partial charge in [0, 0.05) is 18.1 Å². The molecule has 0 bridgehead atoms. The van der Waals surface area contributed by atoms with Crippen LogP contribution >= 0.6 is 0 Å². The van der Waals surface area contributed by atoms with E-state index in [-0.39, 0.29) is 0 Å². The van der Waals surface area contributed by atoms with Crippen molar-refractivity contribution in [1.82, 2.24) is 10.2 Å². The van der Waals surface area contributed by atoms with E-state index in [1.54, 1.807) is 0 Å². The Balaban J connectivity index is 1.48. The van der Waals surface area contributed by atoms with Gasteiger partial charge in [0.1, 0.15) is 0 Å². The summed E-state index contributed by atoms with van der Waals surface area (Å²) in [6, 6.07) is 11.8. The van der Waals surface area contributed by atoms with Crippen molar-refractivity contribution in [3.8, 4) is 0 Å². The first kappa shape index (κ1) is 14.1. The highest BCUT2D eigenvalue weighted by atomic mass is 15.2. The lowest BCUT2D eigenvalue weighted by molar-refractivity contribution is 0.137. The monoisotopic (exact) mass is 272 g/mol. The second kappa shape index (κ2) is 5.87. The van der Waals surface area contributed by atoms with Gasteiger partial charge in [0.2, 0.25) is 0 Å². The number of nitrogens with one attached hydrogen (secondary N) is 1. The summed E-state index contributed by atoms with van der Waals surface area (Å²) in [5, 5.41) is 3.65. The fourth-order valence-electron chi connectivity index (χ4n) is 3.86. The Labute approximate surface area is 123 Å². The summed E-state index contributed by atoms with van der Waals surface area (Å²) in [6.45, 7) is 8.42. The number of likely N-dealkylation sites (tertiary alicyclic amines) is 1. The van der Waals surface area contributed by atoms with Gasteiger partial charge in [-0.25, -0.2) is 0 Å². The average Bonchev–Trinajstić information content (AvgIpc) is 2.81. The predicted molar refractivity (Wildman–Crippen MR) is 84.9 cm³/mol. The molecule has 3 rings (SSSR count). The molecule has 0 amide bonds. The average molecular weight is 272 g/mol. The van der Waals surface area contributed by atoms with E-state index in [0.29, 0.717) is 5.54 Å². The first-order chi connectivity index (χ1) is 9.62. The highest BCUT2D eigenvalue weighted by Gasteiger charge is 2.35. The standard InChI is InChI=1S/C18H28N2/c1-18(2)13-17(14-19-18)20-10-8-16(9-11-20)12-15-6-4-3-5-7-15/h3-7,16-17,19H,8-14H2,1-2H3. The fraction of sp³-hybridized carbons (Fsp3) is 0.667. The van der Waals surface area contributed by atoms with Crippen LogP contribution in [0.5, 0.6) is 0 Å². The van der Waals surface area contributed by atoms with Crippen molar-refractivity contribution in [1.29, 1.82) is 0 Å². The molecule has 0 aromatic heterocycles. The van der Waals surface area contributed by atoms with E-state index in [1.807, 2.05) is 0 Å². The topological polar surface area (TPSA) is 15.3 Å². The van der Waals surface area contributed by atoms with Crippen LogP contribution in [0.1, 0.15) is 38.7 Å². The van der Waals surface area contributed by atoms with Crippen molar-refractivity contribution in [3.05, 3.63) is 35.9 Å². The molecule has 2 heteroatoms. The first-order valence-electron chi connectivity index (χ1n) is 8.15. The maximum Gasteiger partial charge on any atom is 0.0238 e. The molecule has 0 radical (unpaired) electrons. The molecule has 110 valence electrons. The van der Waals surface area contributed by atoms with E-state index in [4.69, 9.17) is 0 Å². The van der Waals surface area contributed by atoms with Gasteiger partial charge in [-0.1, -0.05) is 30.3 Å². The molecule has 0 aliphatic carbocycles. The van der Waals surface area contributed by atoms with E-state index >= 15 is 0 Å². The summed E-state index contributed by atoms with van der Waals surface area (Å²) in [5.74, 6) is 0.885. The maximum absolute atomic E-state index is 3.65. The van der Waals surface area contributed by atoms with E-state index in [1.165, 1.54) is 50.9 Å². The SMILES string of the molecule is CC1(C)CC(N2CCC(Cc3ccccc3)CC2)CN1. The van der Waals surface area contributed by atoms with Crippen LogP contribution in [0.4, 0.5) is 0 Å². The molecule has 2 nitrogen and oxygen atoms in total. The largest absolute Gasteiger partial charge is 0.310 e. The molecular formula is C18H28N2. The van der Waals surface area contributed by atoms with Crippen LogP contribution in [0.2, 0.25) is 0 Å². The van der Waals surface area contributed by atoms with Gasteiger partial charge in [-0.15, -0.1) is 0 Å². The minimum Gasteiger partial charge on any atom is -0.310 e. The molecule has 2 fully saturated rings. The van der Waals surface area contributed by atoms with Crippen LogP contribution in [0, 0.1) is 5.92 Å². The maximum atomic E-state index is 3.65. The number of rotatable bonds is 3. The Bertz CT molecular complexity index is 418. The molecule has 2 aliphatic heterocycles. The van der Waals surface area contributed by atoms with Crippen LogP contribution in [-0.4, -0.2) is 36.1 Å². The summed E-state index contributed by atoms with van der Waals surface area (Å²) in [4.78, 5) is 2.73. The van der Waals surface area contributed by atoms with Gasteiger partial charge in [-0.3, -0.25) is 4.90 Å². The van der Waals surface area contributed by atoms with Crippen molar-refractivity contribution >= 4 is 0 Å². The van der Waals surface area contributed by atoms with Gasteiger partial charge >= 0.3 is 0 Å². The molecule has 0 saturated carbocycles. The van der Waals surface area contributed by atoms with Crippen LogP contribution in [0.25, 0.3) is 0 Å². The van der Waals surface area contributed by atoms with Gasteiger partial charge in [0.25, 0.3) is 0 Å². The summed E-state index contributed by atoms with van der Waals surface area (Å²) < 4.78 is 0. The number of piperidine rings is 1. The lowest BCUT2D eigenvalue weighted by atomic mass is 9.89. The Kier molecular flexibility index (Phi) is 4.13. The molecule has 1 aromatic carbocycles. The van der Waals surface area contributed by atoms with Crippen LogP contribution < -0.4 is 5.32 Å². The molecule has 1 aromatic rings. The van der Waals surface area contributed by atoms with Gasteiger partial charge in [0.05, 0.1) is 0 Å². The molecule has 0 spiro atoms. The van der Waals surface area contributed by atoms with Crippen molar-refractivity contribution in [2.45, 2.75) is 51.1 Å². The van der Waals surface area contributed by atoms with E-state index in [0.717, 1.165) is 12.0 Å². The predicted octanol–water partition coefficient (Wildman–Crippen LogP) is 3.08. The second-order valence-electron chi connectivity index (χ2n) is 7.29. The smallest absolute Gasteiger partial charge is 0.0238 e. The zero-order chi connectivity index (χ0) is 14.0. The second-order valence-corrected chi connectivity index (χ2v) is 7.29. The molecule has 1 atom stereocenters. The molecular weight excluding hydrogens is 244 g/mol. The Hall–Kier alpha value is -0.860. The summed E-state index contributed by atoms with van der Waals surface area (Å²) >= 11 is 0.